The monoisotopic (exact) mass is 351 g/mol. The molecular formula is C19H21N5O2. The van der Waals surface area contributed by atoms with Crippen LogP contribution in [0, 0.1) is 0 Å². The molecule has 0 radical (unpaired) electrons. The Kier molecular flexibility index (Phi) is 4.43. The number of pyridine rings is 1. The average molecular weight is 351 g/mol. The van der Waals surface area contributed by atoms with Crippen molar-refractivity contribution in [1.82, 2.24) is 15.0 Å². The van der Waals surface area contributed by atoms with Gasteiger partial charge in [-0.1, -0.05) is 0 Å². The van der Waals surface area contributed by atoms with Crippen molar-refractivity contribution in [3.8, 4) is 11.5 Å². The van der Waals surface area contributed by atoms with E-state index in [0.717, 1.165) is 48.0 Å². The lowest BCUT2D eigenvalue weighted by atomic mass is 10.2. The first-order chi connectivity index (χ1) is 12.7. The van der Waals surface area contributed by atoms with E-state index in [2.05, 4.69) is 25.2 Å². The maximum atomic E-state index is 5.38. The minimum Gasteiger partial charge on any atom is -0.497 e. The molecule has 1 aromatic carbocycles. The van der Waals surface area contributed by atoms with E-state index in [4.69, 9.17) is 9.47 Å². The second kappa shape index (κ2) is 7.03. The molecule has 0 spiro atoms. The summed E-state index contributed by atoms with van der Waals surface area (Å²) >= 11 is 0. The van der Waals surface area contributed by atoms with Gasteiger partial charge in [-0.05, 0) is 18.6 Å². The minimum absolute atomic E-state index is 0.314. The number of aromatic nitrogens is 3. The van der Waals surface area contributed by atoms with E-state index in [1.165, 1.54) is 0 Å². The van der Waals surface area contributed by atoms with Crippen LogP contribution in [-0.2, 0) is 0 Å². The van der Waals surface area contributed by atoms with Crippen LogP contribution in [-0.4, -0.2) is 48.3 Å². The lowest BCUT2D eigenvalue weighted by Crippen LogP contribution is -2.26. The topological polar surface area (TPSA) is 72.4 Å². The smallest absolute Gasteiger partial charge is 0.180 e. The largest absolute Gasteiger partial charge is 0.497 e. The number of hydrogen-bond donors (Lipinski definition) is 1. The molecule has 1 atom stereocenters. The summed E-state index contributed by atoms with van der Waals surface area (Å²) in [6.07, 6.45) is 4.36. The Bertz CT molecular complexity index is 895. The highest BCUT2D eigenvalue weighted by Gasteiger charge is 2.24. The zero-order valence-electron chi connectivity index (χ0n) is 14.8. The molecule has 26 heavy (non-hydrogen) atoms. The Morgan fingerprint density at radius 3 is 2.58 bits per heavy atom. The lowest BCUT2D eigenvalue weighted by molar-refractivity contribution is 0.394. The van der Waals surface area contributed by atoms with E-state index in [0.29, 0.717) is 11.7 Å². The maximum absolute atomic E-state index is 5.38. The van der Waals surface area contributed by atoms with Crippen molar-refractivity contribution in [3.63, 3.8) is 0 Å². The normalized spacial score (nSPS) is 16.7. The highest BCUT2D eigenvalue weighted by Crippen LogP contribution is 2.31. The van der Waals surface area contributed by atoms with Gasteiger partial charge in [-0.3, -0.25) is 4.98 Å². The Balaban J connectivity index is 1.48. The highest BCUT2D eigenvalue weighted by molar-refractivity contribution is 5.71. The molecule has 0 saturated carbocycles. The van der Waals surface area contributed by atoms with E-state index in [9.17, 15) is 0 Å². The third kappa shape index (κ3) is 3.33. The molecule has 7 heteroatoms. The molecule has 3 heterocycles. The van der Waals surface area contributed by atoms with Gasteiger partial charge < -0.3 is 19.7 Å². The van der Waals surface area contributed by atoms with Crippen LogP contribution in [0.25, 0.3) is 11.2 Å². The predicted octanol–water partition coefficient (Wildman–Crippen LogP) is 2.73. The van der Waals surface area contributed by atoms with Crippen molar-refractivity contribution in [1.29, 1.82) is 0 Å². The van der Waals surface area contributed by atoms with Crippen LogP contribution < -0.4 is 19.7 Å². The van der Waals surface area contributed by atoms with Crippen molar-refractivity contribution < 1.29 is 9.47 Å². The van der Waals surface area contributed by atoms with Gasteiger partial charge in [0.05, 0.1) is 14.2 Å². The predicted molar refractivity (Wildman–Crippen MR) is 101 cm³/mol. The highest BCUT2D eigenvalue weighted by atomic mass is 16.5. The quantitative estimate of drug-likeness (QED) is 0.758. The fourth-order valence-electron chi connectivity index (χ4n) is 3.23. The van der Waals surface area contributed by atoms with Gasteiger partial charge in [-0.2, -0.15) is 0 Å². The number of methoxy groups -OCH3 is 2. The van der Waals surface area contributed by atoms with Crippen LogP contribution in [0.15, 0.2) is 42.7 Å². The Morgan fingerprint density at radius 2 is 1.81 bits per heavy atom. The summed E-state index contributed by atoms with van der Waals surface area (Å²) < 4.78 is 10.8. The van der Waals surface area contributed by atoms with Crippen LogP contribution in [0.3, 0.4) is 0 Å². The van der Waals surface area contributed by atoms with Gasteiger partial charge in [0.15, 0.2) is 5.65 Å². The van der Waals surface area contributed by atoms with Crippen LogP contribution in [0.4, 0.5) is 11.5 Å². The zero-order valence-corrected chi connectivity index (χ0v) is 14.8. The molecule has 1 saturated heterocycles. The molecule has 4 rings (SSSR count). The molecular weight excluding hydrogens is 330 g/mol. The molecule has 0 bridgehead atoms. The number of anilines is 2. The molecule has 1 aliphatic rings. The number of nitrogens with zero attached hydrogens (tertiary/aromatic N) is 4. The Labute approximate surface area is 152 Å². The van der Waals surface area contributed by atoms with Crippen LogP contribution in [0.1, 0.15) is 6.42 Å². The number of hydrogen-bond acceptors (Lipinski definition) is 7. The second-order valence-electron chi connectivity index (χ2n) is 6.24. The summed E-state index contributed by atoms with van der Waals surface area (Å²) in [5.74, 6) is 2.42. The second-order valence-corrected chi connectivity index (χ2v) is 6.24. The molecule has 0 amide bonds. The molecule has 0 aliphatic carbocycles. The van der Waals surface area contributed by atoms with Crippen molar-refractivity contribution in [2.24, 2.45) is 0 Å². The first kappa shape index (κ1) is 16.4. The SMILES string of the molecule is COc1cc(OC)cc(N2CCC(Nc3ccc4nccnc4n3)C2)c1. The van der Waals surface area contributed by atoms with Gasteiger partial charge in [0.25, 0.3) is 0 Å². The van der Waals surface area contributed by atoms with Gasteiger partial charge in [-0.15, -0.1) is 0 Å². The Morgan fingerprint density at radius 1 is 1.04 bits per heavy atom. The van der Waals surface area contributed by atoms with E-state index >= 15 is 0 Å². The fourth-order valence-corrected chi connectivity index (χ4v) is 3.23. The van der Waals surface area contributed by atoms with Gasteiger partial charge in [0, 0.05) is 55.4 Å². The zero-order chi connectivity index (χ0) is 17.9. The molecule has 1 N–H and O–H groups in total. The molecule has 2 aromatic heterocycles. The number of nitrogens with one attached hydrogen (secondary N) is 1. The van der Waals surface area contributed by atoms with E-state index in [-0.39, 0.29) is 0 Å². The van der Waals surface area contributed by atoms with Crippen LogP contribution >= 0.6 is 0 Å². The maximum Gasteiger partial charge on any atom is 0.180 e. The summed E-state index contributed by atoms with van der Waals surface area (Å²) in [6.45, 7) is 1.85. The van der Waals surface area contributed by atoms with Gasteiger partial charge in [0.1, 0.15) is 22.8 Å². The van der Waals surface area contributed by atoms with Gasteiger partial charge in [-0.25, -0.2) is 9.97 Å². The Hall–Kier alpha value is -3.09. The van der Waals surface area contributed by atoms with Crippen molar-refractivity contribution >= 4 is 22.7 Å². The third-order valence-corrected chi connectivity index (χ3v) is 4.57. The van der Waals surface area contributed by atoms with Crippen LogP contribution in [0.5, 0.6) is 11.5 Å². The molecule has 134 valence electrons. The first-order valence-electron chi connectivity index (χ1n) is 8.57. The van der Waals surface area contributed by atoms with E-state index in [1.54, 1.807) is 26.6 Å². The molecule has 1 aliphatic heterocycles. The lowest BCUT2D eigenvalue weighted by Gasteiger charge is -2.20. The molecule has 1 fully saturated rings. The summed E-state index contributed by atoms with van der Waals surface area (Å²) in [6, 6.07) is 10.2. The molecule has 3 aromatic rings. The number of benzene rings is 1. The summed E-state index contributed by atoms with van der Waals surface area (Å²) in [5.41, 5.74) is 2.56. The molecule has 7 nitrogen and oxygen atoms in total. The number of rotatable bonds is 5. The van der Waals surface area contributed by atoms with Crippen molar-refractivity contribution in [2.75, 3.05) is 37.5 Å². The van der Waals surface area contributed by atoms with Gasteiger partial charge >= 0.3 is 0 Å². The van der Waals surface area contributed by atoms with Crippen molar-refractivity contribution in [2.45, 2.75) is 12.5 Å². The number of fused-ring (bicyclic) bond motifs is 1. The van der Waals surface area contributed by atoms with E-state index in [1.807, 2.05) is 30.3 Å². The minimum atomic E-state index is 0.314. The van der Waals surface area contributed by atoms with Crippen molar-refractivity contribution in [3.05, 3.63) is 42.7 Å². The summed E-state index contributed by atoms with van der Waals surface area (Å²) in [4.78, 5) is 15.4. The van der Waals surface area contributed by atoms with Gasteiger partial charge in [0.2, 0.25) is 0 Å². The standard InChI is InChI=1S/C19H21N5O2/c1-25-15-9-14(10-16(11-15)26-2)24-8-5-13(12-24)22-18-4-3-17-19(23-18)21-7-6-20-17/h3-4,6-7,9-11,13H,5,8,12H2,1-2H3,(H,21,22,23). The average Bonchev–Trinajstić information content (AvgIpc) is 3.16. The fraction of sp³-hybridized carbons (Fsp3) is 0.316. The number of ether oxygens (including phenoxy) is 2. The first-order valence-corrected chi connectivity index (χ1v) is 8.57. The van der Waals surface area contributed by atoms with Crippen LogP contribution in [0.2, 0.25) is 0 Å². The summed E-state index contributed by atoms with van der Waals surface area (Å²) in [5, 5.41) is 3.51. The van der Waals surface area contributed by atoms with E-state index < -0.39 is 0 Å². The summed E-state index contributed by atoms with van der Waals surface area (Å²) in [7, 11) is 3.34. The molecule has 1 unspecified atom stereocenters. The third-order valence-electron chi connectivity index (χ3n) is 4.57.